The van der Waals surface area contributed by atoms with Gasteiger partial charge >= 0.3 is 0 Å². The number of nitro groups is 1. The predicted octanol–water partition coefficient (Wildman–Crippen LogP) is 4.82. The summed E-state index contributed by atoms with van der Waals surface area (Å²) in [5, 5.41) is 24.7. The van der Waals surface area contributed by atoms with E-state index in [-0.39, 0.29) is 29.4 Å². The normalized spacial score (nSPS) is 13.0. The van der Waals surface area contributed by atoms with Crippen molar-refractivity contribution in [1.29, 1.82) is 0 Å². The summed E-state index contributed by atoms with van der Waals surface area (Å²) in [4.78, 5) is 19.5. The molecule has 0 N–H and O–H groups in total. The number of aromatic nitrogens is 5. The van der Waals surface area contributed by atoms with Crippen molar-refractivity contribution in [2.24, 2.45) is 0 Å². The highest BCUT2D eigenvalue weighted by Crippen LogP contribution is 2.39. The van der Waals surface area contributed by atoms with Crippen molar-refractivity contribution in [3.05, 3.63) is 118 Å². The predicted molar refractivity (Wildman–Crippen MR) is 155 cm³/mol. The lowest BCUT2D eigenvalue weighted by molar-refractivity contribution is -0.384. The number of hydrogen-bond donors (Lipinski definition) is 0. The first kappa shape index (κ1) is 27.0. The molecule has 0 saturated heterocycles. The van der Waals surface area contributed by atoms with Crippen LogP contribution in [-0.4, -0.2) is 55.2 Å². The largest absolute Gasteiger partial charge is 0.493 e. The lowest BCUT2D eigenvalue weighted by Crippen LogP contribution is -2.32. The van der Waals surface area contributed by atoms with Crippen molar-refractivity contribution in [1.82, 2.24) is 30.1 Å². The van der Waals surface area contributed by atoms with Crippen molar-refractivity contribution in [2.45, 2.75) is 26.0 Å². The molecule has 3 aromatic carbocycles. The van der Waals surface area contributed by atoms with Crippen molar-refractivity contribution in [3.8, 4) is 28.6 Å². The Kier molecular flexibility index (Phi) is 7.82. The highest BCUT2D eigenvalue weighted by molar-refractivity contribution is 5.72. The Bertz CT molecular complexity index is 1690. The Morgan fingerprint density at radius 1 is 0.976 bits per heavy atom. The summed E-state index contributed by atoms with van der Waals surface area (Å²) in [5.74, 6) is 0.699. The third kappa shape index (κ3) is 5.96. The van der Waals surface area contributed by atoms with Gasteiger partial charge in [-0.25, -0.2) is 0 Å². The van der Waals surface area contributed by atoms with Crippen LogP contribution < -0.4 is 9.47 Å². The zero-order valence-electron chi connectivity index (χ0n) is 23.1. The van der Waals surface area contributed by atoms with Crippen molar-refractivity contribution >= 4 is 5.69 Å². The second-order valence-corrected chi connectivity index (χ2v) is 10.0. The fraction of sp³-hybridized carbons (Fsp3) is 0.226. The van der Waals surface area contributed by atoms with Gasteiger partial charge in [0.1, 0.15) is 12.2 Å². The third-order valence-corrected chi connectivity index (χ3v) is 7.35. The van der Waals surface area contributed by atoms with Crippen LogP contribution in [0.15, 0.2) is 85.2 Å². The molecule has 11 nitrogen and oxygen atoms in total. The maximum atomic E-state index is 11.9. The molecule has 1 aliphatic heterocycles. The molecule has 3 heterocycles. The number of nitrogens with zero attached hydrogens (tertiary/aromatic N) is 7. The van der Waals surface area contributed by atoms with Crippen LogP contribution in [0, 0.1) is 10.1 Å². The van der Waals surface area contributed by atoms with Crippen LogP contribution in [0.4, 0.5) is 5.69 Å². The number of methoxy groups -OCH3 is 1. The van der Waals surface area contributed by atoms with Gasteiger partial charge in [-0.3, -0.25) is 20.0 Å². The van der Waals surface area contributed by atoms with E-state index in [0.29, 0.717) is 11.4 Å². The number of hydrogen-bond acceptors (Lipinski definition) is 9. The van der Waals surface area contributed by atoms with Gasteiger partial charge in [0.2, 0.25) is 5.82 Å². The van der Waals surface area contributed by atoms with Crippen LogP contribution in [0.25, 0.3) is 17.1 Å². The Morgan fingerprint density at radius 3 is 2.60 bits per heavy atom. The lowest BCUT2D eigenvalue weighted by Gasteiger charge is -2.28. The zero-order chi connectivity index (χ0) is 28.9. The van der Waals surface area contributed by atoms with E-state index in [9.17, 15) is 10.1 Å². The monoisotopic (exact) mass is 563 g/mol. The van der Waals surface area contributed by atoms with Gasteiger partial charge in [-0.1, -0.05) is 42.5 Å². The first-order valence-electron chi connectivity index (χ1n) is 13.6. The van der Waals surface area contributed by atoms with E-state index in [1.807, 2.05) is 67.0 Å². The molecule has 6 rings (SSSR count). The molecule has 0 fully saturated rings. The quantitative estimate of drug-likeness (QED) is 0.174. The molecule has 11 heteroatoms. The van der Waals surface area contributed by atoms with E-state index in [1.54, 1.807) is 0 Å². The maximum absolute atomic E-state index is 11.9. The molecule has 2 aromatic heterocycles. The topological polar surface area (TPSA) is 121 Å². The van der Waals surface area contributed by atoms with Gasteiger partial charge in [0.25, 0.3) is 5.69 Å². The smallest absolute Gasteiger partial charge is 0.284 e. The van der Waals surface area contributed by atoms with Gasteiger partial charge in [-0.2, -0.15) is 0 Å². The molecule has 212 valence electrons. The molecule has 0 aliphatic carbocycles. The van der Waals surface area contributed by atoms with Gasteiger partial charge in [-0.05, 0) is 58.5 Å². The standard InChI is InChI=1S/C31H29N7O4/c1-41-29-18-28(38(39)40)27(17-30(29)42-21-23-5-3-2-4-6-23)31-33-35-37(34-31)26-9-7-22(8-10-26)12-15-36-16-13-24-19-32-14-11-25(24)20-36/h2-11,14,17-19H,12-13,15-16,20-21H2,1H3. The summed E-state index contributed by atoms with van der Waals surface area (Å²) in [6, 6.07) is 22.5. The Morgan fingerprint density at radius 2 is 1.81 bits per heavy atom. The molecule has 5 aromatic rings. The van der Waals surface area contributed by atoms with Gasteiger partial charge < -0.3 is 9.47 Å². The Balaban J connectivity index is 1.17. The first-order chi connectivity index (χ1) is 20.6. The fourth-order valence-electron chi connectivity index (χ4n) is 5.03. The number of pyridine rings is 1. The fourth-order valence-corrected chi connectivity index (χ4v) is 5.03. The lowest BCUT2D eigenvalue weighted by atomic mass is 10.0. The van der Waals surface area contributed by atoms with Crippen LogP contribution in [0.2, 0.25) is 0 Å². The number of tetrazole rings is 1. The minimum Gasteiger partial charge on any atom is -0.493 e. The molecule has 0 saturated carbocycles. The van der Waals surface area contributed by atoms with Crippen LogP contribution in [0.5, 0.6) is 11.5 Å². The number of rotatable bonds is 10. The minimum atomic E-state index is -0.494. The summed E-state index contributed by atoms with van der Waals surface area (Å²) in [6.45, 7) is 3.20. The van der Waals surface area contributed by atoms with Crippen molar-refractivity contribution in [2.75, 3.05) is 20.2 Å². The summed E-state index contributed by atoms with van der Waals surface area (Å²) in [6.07, 6.45) is 5.77. The first-order valence-corrected chi connectivity index (χ1v) is 13.6. The van der Waals surface area contributed by atoms with Gasteiger partial charge in [0.15, 0.2) is 11.5 Å². The van der Waals surface area contributed by atoms with E-state index in [2.05, 4.69) is 31.4 Å². The summed E-state index contributed by atoms with van der Waals surface area (Å²) >= 11 is 0. The summed E-state index contributed by atoms with van der Waals surface area (Å²) in [5.41, 5.74) is 5.53. The molecule has 0 amide bonds. The molecule has 0 unspecified atom stereocenters. The Labute approximate surface area is 242 Å². The van der Waals surface area contributed by atoms with E-state index in [0.717, 1.165) is 38.0 Å². The zero-order valence-corrected chi connectivity index (χ0v) is 23.1. The molecule has 0 spiro atoms. The SMILES string of the molecule is COc1cc([N+](=O)[O-])c(-c2nnn(-c3ccc(CCN4CCc5cnccc5C4)cc3)n2)cc1OCc1ccccc1. The van der Waals surface area contributed by atoms with Crippen LogP contribution >= 0.6 is 0 Å². The summed E-state index contributed by atoms with van der Waals surface area (Å²) in [7, 11) is 1.44. The molecular formula is C31H29N7O4. The molecule has 1 aliphatic rings. The second-order valence-electron chi connectivity index (χ2n) is 10.0. The van der Waals surface area contributed by atoms with Gasteiger partial charge in [0.05, 0.1) is 23.8 Å². The molecule has 0 bridgehead atoms. The van der Waals surface area contributed by atoms with Crippen LogP contribution in [-0.2, 0) is 26.0 Å². The van der Waals surface area contributed by atoms with Gasteiger partial charge in [-0.15, -0.1) is 15.0 Å². The molecular weight excluding hydrogens is 534 g/mol. The minimum absolute atomic E-state index is 0.110. The van der Waals surface area contributed by atoms with Crippen LogP contribution in [0.1, 0.15) is 22.3 Å². The van der Waals surface area contributed by atoms with E-state index < -0.39 is 4.92 Å². The maximum Gasteiger partial charge on any atom is 0.284 e. The van der Waals surface area contributed by atoms with E-state index in [1.165, 1.54) is 40.7 Å². The van der Waals surface area contributed by atoms with Crippen molar-refractivity contribution in [3.63, 3.8) is 0 Å². The number of nitro benzene ring substituents is 1. The second kappa shape index (κ2) is 12.1. The number of fused-ring (bicyclic) bond motifs is 1. The average Bonchev–Trinajstić information content (AvgIpc) is 3.53. The van der Waals surface area contributed by atoms with Crippen molar-refractivity contribution < 1.29 is 14.4 Å². The third-order valence-electron chi connectivity index (χ3n) is 7.35. The number of ether oxygens (including phenoxy) is 2. The molecule has 42 heavy (non-hydrogen) atoms. The van der Waals surface area contributed by atoms with Gasteiger partial charge in [0, 0.05) is 38.1 Å². The van der Waals surface area contributed by atoms with E-state index in [4.69, 9.17) is 9.47 Å². The highest BCUT2D eigenvalue weighted by Gasteiger charge is 2.24. The highest BCUT2D eigenvalue weighted by atomic mass is 16.6. The van der Waals surface area contributed by atoms with E-state index >= 15 is 0 Å². The molecule has 0 radical (unpaired) electrons. The number of benzene rings is 3. The Hall–Kier alpha value is -5.16. The average molecular weight is 564 g/mol. The summed E-state index contributed by atoms with van der Waals surface area (Å²) < 4.78 is 11.3. The van der Waals surface area contributed by atoms with Crippen LogP contribution in [0.3, 0.4) is 0 Å². The molecule has 0 atom stereocenters.